The average Bonchev–Trinajstić information content (AvgIpc) is 2.48. The van der Waals surface area contributed by atoms with Crippen LogP contribution in [-0.4, -0.2) is 37.2 Å². The van der Waals surface area contributed by atoms with Crippen molar-refractivity contribution in [3.8, 4) is 16.9 Å². The van der Waals surface area contributed by atoms with Gasteiger partial charge in [0.15, 0.2) is 0 Å². The van der Waals surface area contributed by atoms with Crippen molar-refractivity contribution in [3.63, 3.8) is 0 Å². The molecule has 19 heavy (non-hydrogen) atoms. The molecule has 100 valence electrons. The Bertz CT molecular complexity index is 510. The molecule has 0 radical (unpaired) electrons. The van der Waals surface area contributed by atoms with Crippen molar-refractivity contribution in [1.82, 2.24) is 9.97 Å². The molecule has 2 N–H and O–H groups in total. The molecule has 5 nitrogen and oxygen atoms in total. The first-order chi connectivity index (χ1) is 9.24. The Morgan fingerprint density at radius 1 is 1.11 bits per heavy atom. The van der Waals surface area contributed by atoms with Gasteiger partial charge in [-0.05, 0) is 17.7 Å². The Morgan fingerprint density at radius 2 is 1.74 bits per heavy atom. The van der Waals surface area contributed by atoms with Gasteiger partial charge in [0.2, 0.25) is 5.95 Å². The van der Waals surface area contributed by atoms with Crippen LogP contribution in [0.5, 0.6) is 5.75 Å². The van der Waals surface area contributed by atoms with E-state index in [1.807, 2.05) is 48.6 Å². The lowest BCUT2D eigenvalue weighted by atomic mass is 10.1. The minimum absolute atomic E-state index is 0.583. The second kappa shape index (κ2) is 6.15. The van der Waals surface area contributed by atoms with Gasteiger partial charge < -0.3 is 15.4 Å². The van der Waals surface area contributed by atoms with Crippen molar-refractivity contribution in [2.24, 2.45) is 5.73 Å². The van der Waals surface area contributed by atoms with Crippen molar-refractivity contribution in [2.45, 2.75) is 0 Å². The summed E-state index contributed by atoms with van der Waals surface area (Å²) in [5, 5.41) is 0. The predicted molar refractivity (Wildman–Crippen MR) is 76.3 cm³/mol. The number of likely N-dealkylation sites (N-methyl/N-ethyl adjacent to an activating group) is 1. The van der Waals surface area contributed by atoms with Gasteiger partial charge >= 0.3 is 0 Å². The molecule has 0 amide bonds. The second-order valence-corrected chi connectivity index (χ2v) is 4.21. The summed E-state index contributed by atoms with van der Waals surface area (Å²) in [6, 6.07) is 7.81. The molecule has 0 aliphatic rings. The van der Waals surface area contributed by atoms with Crippen LogP contribution in [0.15, 0.2) is 36.7 Å². The number of methoxy groups -OCH3 is 1. The third kappa shape index (κ3) is 3.20. The molecule has 0 atom stereocenters. The van der Waals surface area contributed by atoms with Crippen LogP contribution in [0.2, 0.25) is 0 Å². The Hall–Kier alpha value is -2.14. The Labute approximate surface area is 113 Å². The van der Waals surface area contributed by atoms with E-state index in [0.717, 1.165) is 23.4 Å². The molecule has 0 unspecified atom stereocenters. The molecule has 0 spiro atoms. The zero-order valence-electron chi connectivity index (χ0n) is 11.2. The SMILES string of the molecule is COc1ccc(-c2cnc(N(C)CCN)nc2)cc1. The Morgan fingerprint density at radius 3 is 2.26 bits per heavy atom. The maximum absolute atomic E-state index is 5.51. The fourth-order valence-electron chi connectivity index (χ4n) is 1.74. The van der Waals surface area contributed by atoms with Crippen molar-refractivity contribution in [2.75, 3.05) is 32.1 Å². The van der Waals surface area contributed by atoms with Crippen molar-refractivity contribution in [1.29, 1.82) is 0 Å². The van der Waals surface area contributed by atoms with E-state index < -0.39 is 0 Å². The molecule has 1 heterocycles. The molecule has 1 aromatic carbocycles. The van der Waals surface area contributed by atoms with Crippen LogP contribution in [0.4, 0.5) is 5.95 Å². The lowest BCUT2D eigenvalue weighted by Crippen LogP contribution is -2.26. The topological polar surface area (TPSA) is 64.3 Å². The van der Waals surface area contributed by atoms with Gasteiger partial charge in [-0.1, -0.05) is 12.1 Å². The molecule has 1 aromatic heterocycles. The third-order valence-corrected chi connectivity index (χ3v) is 2.87. The van der Waals surface area contributed by atoms with E-state index in [-0.39, 0.29) is 0 Å². The van der Waals surface area contributed by atoms with E-state index in [4.69, 9.17) is 10.5 Å². The smallest absolute Gasteiger partial charge is 0.225 e. The molecule has 0 saturated heterocycles. The number of nitrogens with two attached hydrogens (primary N) is 1. The number of hydrogen-bond acceptors (Lipinski definition) is 5. The van der Waals surface area contributed by atoms with E-state index in [1.54, 1.807) is 7.11 Å². The Balaban J connectivity index is 2.17. The average molecular weight is 258 g/mol. The van der Waals surface area contributed by atoms with E-state index in [1.165, 1.54) is 0 Å². The molecule has 0 saturated carbocycles. The van der Waals surface area contributed by atoms with E-state index >= 15 is 0 Å². The second-order valence-electron chi connectivity index (χ2n) is 4.21. The van der Waals surface area contributed by atoms with E-state index in [0.29, 0.717) is 12.5 Å². The highest BCUT2D eigenvalue weighted by atomic mass is 16.5. The monoisotopic (exact) mass is 258 g/mol. The zero-order chi connectivity index (χ0) is 13.7. The van der Waals surface area contributed by atoms with E-state index in [9.17, 15) is 0 Å². The quantitative estimate of drug-likeness (QED) is 0.881. The highest BCUT2D eigenvalue weighted by molar-refractivity contribution is 5.62. The summed E-state index contributed by atoms with van der Waals surface area (Å²) in [4.78, 5) is 10.6. The lowest BCUT2D eigenvalue weighted by molar-refractivity contribution is 0.415. The van der Waals surface area contributed by atoms with Crippen molar-refractivity contribution >= 4 is 5.95 Å². The summed E-state index contributed by atoms with van der Waals surface area (Å²) in [5.41, 5.74) is 7.55. The maximum atomic E-state index is 5.51. The minimum atomic E-state index is 0.583. The number of ether oxygens (including phenoxy) is 1. The first kappa shape index (κ1) is 13.3. The minimum Gasteiger partial charge on any atom is -0.497 e. The number of aromatic nitrogens is 2. The number of benzene rings is 1. The summed E-state index contributed by atoms with van der Waals surface area (Å²) in [7, 11) is 3.58. The number of anilines is 1. The third-order valence-electron chi connectivity index (χ3n) is 2.87. The van der Waals surface area contributed by atoms with Gasteiger partial charge in [0.25, 0.3) is 0 Å². The lowest BCUT2D eigenvalue weighted by Gasteiger charge is -2.15. The fraction of sp³-hybridized carbons (Fsp3) is 0.286. The van der Waals surface area contributed by atoms with E-state index in [2.05, 4.69) is 9.97 Å². The van der Waals surface area contributed by atoms with Gasteiger partial charge in [0.05, 0.1) is 7.11 Å². The number of rotatable bonds is 5. The van der Waals surface area contributed by atoms with Crippen molar-refractivity contribution < 1.29 is 4.74 Å². The molecular formula is C14H18N4O. The van der Waals surface area contributed by atoms with Crippen LogP contribution in [0.1, 0.15) is 0 Å². The Kier molecular flexibility index (Phi) is 4.30. The molecule has 0 aliphatic carbocycles. The van der Waals surface area contributed by atoms with Crippen LogP contribution in [0, 0.1) is 0 Å². The summed E-state index contributed by atoms with van der Waals surface area (Å²) in [5.74, 6) is 1.52. The van der Waals surface area contributed by atoms with Crippen LogP contribution < -0.4 is 15.4 Å². The molecule has 0 aliphatic heterocycles. The number of nitrogens with zero attached hydrogens (tertiary/aromatic N) is 3. The summed E-state index contributed by atoms with van der Waals surface area (Å²) in [6.07, 6.45) is 3.63. The molecule has 0 fully saturated rings. The first-order valence-corrected chi connectivity index (χ1v) is 6.12. The zero-order valence-corrected chi connectivity index (χ0v) is 11.2. The molecule has 5 heteroatoms. The number of hydrogen-bond donors (Lipinski definition) is 1. The van der Waals surface area contributed by atoms with Crippen LogP contribution >= 0.6 is 0 Å². The maximum Gasteiger partial charge on any atom is 0.225 e. The molecule has 2 rings (SSSR count). The van der Waals surface area contributed by atoms with Crippen LogP contribution in [0.25, 0.3) is 11.1 Å². The van der Waals surface area contributed by atoms with Gasteiger partial charge in [-0.2, -0.15) is 0 Å². The van der Waals surface area contributed by atoms with Crippen LogP contribution in [-0.2, 0) is 0 Å². The highest BCUT2D eigenvalue weighted by Gasteiger charge is 2.04. The molecular weight excluding hydrogens is 240 g/mol. The summed E-state index contributed by atoms with van der Waals surface area (Å²) in [6.45, 7) is 1.32. The predicted octanol–water partition coefficient (Wildman–Crippen LogP) is 1.55. The normalized spacial score (nSPS) is 10.3. The van der Waals surface area contributed by atoms with Gasteiger partial charge in [-0.25, -0.2) is 9.97 Å². The highest BCUT2D eigenvalue weighted by Crippen LogP contribution is 2.21. The van der Waals surface area contributed by atoms with Gasteiger partial charge in [0, 0.05) is 38.1 Å². The first-order valence-electron chi connectivity index (χ1n) is 6.12. The van der Waals surface area contributed by atoms with Crippen molar-refractivity contribution in [3.05, 3.63) is 36.7 Å². The fourth-order valence-corrected chi connectivity index (χ4v) is 1.74. The van der Waals surface area contributed by atoms with Gasteiger partial charge in [-0.15, -0.1) is 0 Å². The largest absolute Gasteiger partial charge is 0.497 e. The van der Waals surface area contributed by atoms with Gasteiger partial charge in [0.1, 0.15) is 5.75 Å². The summed E-state index contributed by atoms with van der Waals surface area (Å²) < 4.78 is 5.13. The summed E-state index contributed by atoms with van der Waals surface area (Å²) >= 11 is 0. The standard InChI is InChI=1S/C14H18N4O/c1-18(8-7-15)14-16-9-12(10-17-14)11-3-5-13(19-2)6-4-11/h3-6,9-10H,7-8,15H2,1-2H3. The molecule has 0 bridgehead atoms. The molecule has 2 aromatic rings. The van der Waals surface area contributed by atoms with Gasteiger partial charge in [-0.3, -0.25) is 0 Å². The van der Waals surface area contributed by atoms with Crippen LogP contribution in [0.3, 0.4) is 0 Å².